The zero-order valence-corrected chi connectivity index (χ0v) is 11.4. The molecule has 0 bridgehead atoms. The van der Waals surface area contributed by atoms with Crippen LogP contribution in [0.25, 0.3) is 0 Å². The van der Waals surface area contributed by atoms with Crippen molar-refractivity contribution in [2.75, 3.05) is 0 Å². The molecule has 0 amide bonds. The molecule has 4 heteroatoms. The van der Waals surface area contributed by atoms with E-state index in [1.165, 1.54) is 16.7 Å². The van der Waals surface area contributed by atoms with E-state index in [-0.39, 0.29) is 21.1 Å². The summed E-state index contributed by atoms with van der Waals surface area (Å²) in [5.74, 6) is 0. The summed E-state index contributed by atoms with van der Waals surface area (Å²) in [6, 6.07) is 6.56. The zero-order valence-electron chi connectivity index (χ0n) is 9.37. The van der Waals surface area contributed by atoms with Gasteiger partial charge in [-0.15, -0.1) is 0 Å². The third-order valence-corrected chi connectivity index (χ3v) is 1.37. The summed E-state index contributed by atoms with van der Waals surface area (Å²) in [5.41, 5.74) is 4.06. The smallest absolute Gasteiger partial charge is 0 e. The number of benzene rings is 1. The topological polar surface area (TPSA) is 59.7 Å². The van der Waals surface area contributed by atoms with Gasteiger partial charge in [-0.1, -0.05) is 34.9 Å². The normalized spacial score (nSPS) is 5.81. The molecule has 1 aromatic rings. The van der Waals surface area contributed by atoms with Crippen LogP contribution >= 0.6 is 0 Å². The van der Waals surface area contributed by atoms with Gasteiger partial charge in [-0.2, -0.15) is 0 Å². The molecule has 84 valence electrons. The summed E-state index contributed by atoms with van der Waals surface area (Å²) in [5, 5.41) is 0. The Balaban J connectivity index is -0.0000000900. The molecule has 0 fully saturated rings. The minimum Gasteiger partial charge on any atom is 0 e. The van der Waals surface area contributed by atoms with Crippen LogP contribution in [0.15, 0.2) is 18.2 Å². The van der Waals surface area contributed by atoms with Gasteiger partial charge in [0.05, 0.1) is 0 Å². The maximum Gasteiger partial charge on any atom is 0 e. The van der Waals surface area contributed by atoms with Gasteiger partial charge in [0.25, 0.3) is 0 Å². The van der Waals surface area contributed by atoms with Gasteiger partial charge in [0.1, 0.15) is 0 Å². The van der Waals surface area contributed by atoms with Crippen LogP contribution in [0.2, 0.25) is 0 Å². The van der Waals surface area contributed by atoms with Gasteiger partial charge in [0.2, 0.25) is 0 Å². The minimum atomic E-state index is 0. The van der Waals surface area contributed by atoms with E-state index in [0.29, 0.717) is 0 Å². The second-order valence-corrected chi connectivity index (χ2v) is 2.67. The van der Waals surface area contributed by atoms with Crippen LogP contribution in [-0.4, -0.2) is 0 Å². The Morgan fingerprint density at radius 1 is 0.625 bits per heavy atom. The van der Waals surface area contributed by atoms with Crippen LogP contribution in [0.1, 0.15) is 16.7 Å². The summed E-state index contributed by atoms with van der Waals surface area (Å²) in [4.78, 5) is 0. The van der Waals surface area contributed by atoms with Crippen LogP contribution in [0.3, 0.4) is 0 Å². The second kappa shape index (κ2) is 19.7. The number of hydrogen-bond acceptors (Lipinski definition) is 0. The Labute approximate surface area is 111 Å². The standard InChI is InChI=1S/C9H12.3CO.Mo/c1-7-4-8(2)6-9(3)5-7;3*1-2;/h4-6H,1-3H3;;;;. The first-order chi connectivity index (χ1) is 7.18. The first-order valence-corrected chi connectivity index (χ1v) is 3.84. The van der Waals surface area contributed by atoms with Crippen molar-refractivity contribution < 1.29 is 35.0 Å². The van der Waals surface area contributed by atoms with E-state index in [1.807, 2.05) is 0 Å². The average Bonchev–Trinajstić information content (AvgIpc) is 2.24. The fourth-order valence-corrected chi connectivity index (χ4v) is 1.20. The molecule has 0 spiro atoms. The molecule has 0 heterocycles. The van der Waals surface area contributed by atoms with Gasteiger partial charge in [0.15, 0.2) is 0 Å². The molecular formula is C12H12MoO3. The van der Waals surface area contributed by atoms with E-state index in [4.69, 9.17) is 14.0 Å². The molecule has 3 nitrogen and oxygen atoms in total. The monoisotopic (exact) mass is 302 g/mol. The molecule has 0 radical (unpaired) electrons. The summed E-state index contributed by atoms with van der Waals surface area (Å²) < 4.78 is 22.5. The van der Waals surface area contributed by atoms with Crippen molar-refractivity contribution in [3.8, 4) is 0 Å². The molecule has 0 aromatic heterocycles. The Hall–Kier alpha value is -0.872. The molecule has 0 atom stereocenters. The SMILES string of the molecule is Cc1cc(C)cc(C)c1.[C-]#[O+].[C-]#[O+].[C-]#[O+].[Mo]. The molecule has 0 aliphatic rings. The van der Waals surface area contributed by atoms with Gasteiger partial charge in [-0.3, -0.25) is 0 Å². The Kier molecular flexibility index (Phi) is 30.0. The van der Waals surface area contributed by atoms with Crippen molar-refractivity contribution in [3.05, 3.63) is 54.8 Å². The summed E-state index contributed by atoms with van der Waals surface area (Å²) >= 11 is 0. The molecular weight excluding hydrogens is 288 g/mol. The Morgan fingerprint density at radius 2 is 0.750 bits per heavy atom. The van der Waals surface area contributed by atoms with E-state index < -0.39 is 0 Å². The van der Waals surface area contributed by atoms with E-state index >= 15 is 0 Å². The van der Waals surface area contributed by atoms with Crippen molar-refractivity contribution in [2.45, 2.75) is 20.8 Å². The molecule has 16 heavy (non-hydrogen) atoms. The first-order valence-electron chi connectivity index (χ1n) is 3.84. The van der Waals surface area contributed by atoms with Gasteiger partial charge in [0, 0.05) is 21.1 Å². The van der Waals surface area contributed by atoms with Gasteiger partial charge < -0.3 is 0 Å². The van der Waals surface area contributed by atoms with E-state index in [1.54, 1.807) is 0 Å². The second-order valence-electron chi connectivity index (χ2n) is 2.67. The van der Waals surface area contributed by atoms with Crippen molar-refractivity contribution in [3.63, 3.8) is 0 Å². The van der Waals surface area contributed by atoms with Crippen molar-refractivity contribution in [1.29, 1.82) is 0 Å². The molecule has 0 N–H and O–H groups in total. The molecule has 0 aliphatic carbocycles. The Bertz CT molecular complexity index is 262. The predicted octanol–water partition coefficient (Wildman–Crippen LogP) is 2.50. The molecule has 0 saturated heterocycles. The first kappa shape index (κ1) is 24.4. The molecule has 0 aliphatic heterocycles. The van der Waals surface area contributed by atoms with Crippen LogP contribution in [0.4, 0.5) is 0 Å². The maximum atomic E-state index is 7.50. The van der Waals surface area contributed by atoms with Crippen molar-refractivity contribution >= 4 is 0 Å². The largest absolute Gasteiger partial charge is 0 e. The summed E-state index contributed by atoms with van der Waals surface area (Å²) in [7, 11) is 0. The van der Waals surface area contributed by atoms with Gasteiger partial charge in [-0.05, 0) is 20.8 Å². The van der Waals surface area contributed by atoms with Crippen molar-refractivity contribution in [1.82, 2.24) is 0 Å². The van der Waals surface area contributed by atoms with Crippen molar-refractivity contribution in [2.24, 2.45) is 0 Å². The third-order valence-electron chi connectivity index (χ3n) is 1.37. The minimum absolute atomic E-state index is 0. The molecule has 0 unspecified atom stereocenters. The number of hydrogen-bond donors (Lipinski definition) is 0. The average molecular weight is 300 g/mol. The fourth-order valence-electron chi connectivity index (χ4n) is 1.20. The van der Waals surface area contributed by atoms with Gasteiger partial charge in [-0.25, -0.2) is 0 Å². The van der Waals surface area contributed by atoms with Crippen LogP contribution < -0.4 is 0 Å². The maximum absolute atomic E-state index is 7.50. The third kappa shape index (κ3) is 15.6. The van der Waals surface area contributed by atoms with E-state index in [0.717, 1.165) is 0 Å². The number of aryl methyl sites for hydroxylation is 3. The summed E-state index contributed by atoms with van der Waals surface area (Å²) in [6.07, 6.45) is 0. The fraction of sp³-hybridized carbons (Fsp3) is 0.250. The molecule has 1 rings (SSSR count). The van der Waals surface area contributed by atoms with Crippen LogP contribution in [-0.2, 0) is 35.0 Å². The van der Waals surface area contributed by atoms with E-state index in [9.17, 15) is 0 Å². The van der Waals surface area contributed by atoms with Crippen LogP contribution in [0, 0.1) is 40.7 Å². The van der Waals surface area contributed by atoms with Crippen LogP contribution in [0.5, 0.6) is 0 Å². The molecule has 0 saturated carbocycles. The van der Waals surface area contributed by atoms with Gasteiger partial charge >= 0.3 is 33.9 Å². The molecule has 1 aromatic carbocycles. The quantitative estimate of drug-likeness (QED) is 0.401. The summed E-state index contributed by atoms with van der Waals surface area (Å²) in [6.45, 7) is 19.9. The Morgan fingerprint density at radius 3 is 0.875 bits per heavy atom. The van der Waals surface area contributed by atoms with E-state index in [2.05, 4.69) is 58.9 Å². The zero-order chi connectivity index (χ0) is 12.9. The number of rotatable bonds is 0. The predicted molar refractivity (Wildman–Crippen MR) is 52.4 cm³/mol.